The third-order valence-corrected chi connectivity index (χ3v) is 4.57. The van der Waals surface area contributed by atoms with E-state index in [1.807, 2.05) is 4.90 Å². The lowest BCUT2D eigenvalue weighted by atomic mass is 10.1. The number of morpholine rings is 1. The van der Waals surface area contributed by atoms with Crippen LogP contribution in [0, 0.1) is 20.2 Å². The van der Waals surface area contributed by atoms with Crippen LogP contribution in [-0.2, 0) is 9.53 Å². The number of carbonyl (C=O) groups excluding carboxylic acids is 1. The number of carbonyl (C=O) groups is 1. The number of hydrazone groups is 1. The van der Waals surface area contributed by atoms with E-state index in [4.69, 9.17) is 4.74 Å². The van der Waals surface area contributed by atoms with Gasteiger partial charge in [-0.2, -0.15) is 5.10 Å². The molecule has 0 spiro atoms. The number of nitrogens with zero attached hydrogens (tertiary/aromatic N) is 5. The van der Waals surface area contributed by atoms with Gasteiger partial charge in [-0.05, 0) is 17.7 Å². The smallest absolute Gasteiger partial charge is 0.318 e. The third-order valence-electron chi connectivity index (χ3n) is 4.57. The van der Waals surface area contributed by atoms with Gasteiger partial charge in [0.15, 0.2) is 0 Å². The summed E-state index contributed by atoms with van der Waals surface area (Å²) in [5.41, 5.74) is 1.28. The van der Waals surface area contributed by atoms with Crippen LogP contribution in [-0.4, -0.2) is 63.3 Å². The van der Waals surface area contributed by atoms with Gasteiger partial charge < -0.3 is 9.84 Å². The summed E-state index contributed by atoms with van der Waals surface area (Å²) in [6, 6.07) is 4.25. The van der Waals surface area contributed by atoms with Crippen LogP contribution >= 0.6 is 0 Å². The summed E-state index contributed by atoms with van der Waals surface area (Å²) in [6.07, 6.45) is 4.02. The normalized spacial score (nSPS) is 15.5. The van der Waals surface area contributed by atoms with E-state index in [9.17, 15) is 30.1 Å². The van der Waals surface area contributed by atoms with E-state index in [0.29, 0.717) is 37.9 Å². The van der Waals surface area contributed by atoms with Crippen LogP contribution in [0.2, 0.25) is 0 Å². The summed E-state index contributed by atoms with van der Waals surface area (Å²) in [4.78, 5) is 39.0. The Hall–Kier alpha value is -3.97. The molecule has 31 heavy (non-hydrogen) atoms. The van der Waals surface area contributed by atoms with Gasteiger partial charge in [0.1, 0.15) is 6.04 Å². The summed E-state index contributed by atoms with van der Waals surface area (Å²) in [5.74, 6) is -1.30. The molecular formula is C18H18N6O7. The summed E-state index contributed by atoms with van der Waals surface area (Å²) in [5, 5.41) is 35.8. The van der Waals surface area contributed by atoms with Crippen LogP contribution in [0.15, 0.2) is 41.8 Å². The first-order valence-corrected chi connectivity index (χ1v) is 9.09. The number of phenols is 1. The summed E-state index contributed by atoms with van der Waals surface area (Å²) >= 11 is 0. The Labute approximate surface area is 175 Å². The first kappa shape index (κ1) is 21.7. The van der Waals surface area contributed by atoms with Gasteiger partial charge in [-0.25, -0.2) is 5.43 Å². The molecule has 0 bridgehead atoms. The minimum atomic E-state index is -0.948. The standard InChI is InChI=1S/C18H18N6O7/c25-17-13(9-14(23(27)28)10-15(17)24(29)30)11-20-21-18(26)16(12-1-3-19-4-2-12)22-5-7-31-8-6-22/h1-4,9-11,16,25H,5-8H2,(H,21,26)/b20-11-/t16-/m0/s1. The number of non-ortho nitro benzene ring substituents is 1. The highest BCUT2D eigenvalue weighted by atomic mass is 16.6. The average Bonchev–Trinajstić information content (AvgIpc) is 2.76. The predicted molar refractivity (Wildman–Crippen MR) is 107 cm³/mol. The number of ether oxygens (including phenoxy) is 1. The maximum absolute atomic E-state index is 12.9. The van der Waals surface area contributed by atoms with E-state index in [1.54, 1.807) is 24.5 Å². The van der Waals surface area contributed by atoms with Crippen LogP contribution in [0.3, 0.4) is 0 Å². The number of aromatic hydroxyl groups is 1. The largest absolute Gasteiger partial charge is 0.502 e. The second kappa shape index (κ2) is 9.69. The Bertz CT molecular complexity index is 1010. The Balaban J connectivity index is 1.83. The van der Waals surface area contributed by atoms with E-state index in [-0.39, 0.29) is 5.56 Å². The molecule has 1 fully saturated rings. The number of amides is 1. The second-order valence-electron chi connectivity index (χ2n) is 6.48. The highest BCUT2D eigenvalue weighted by molar-refractivity contribution is 5.89. The number of phenolic OH excluding ortho intramolecular Hbond substituents is 1. The lowest BCUT2D eigenvalue weighted by Crippen LogP contribution is -2.44. The van der Waals surface area contributed by atoms with Crippen LogP contribution < -0.4 is 5.43 Å². The van der Waals surface area contributed by atoms with Crippen molar-refractivity contribution in [2.75, 3.05) is 26.3 Å². The van der Waals surface area contributed by atoms with Crippen molar-refractivity contribution in [3.63, 3.8) is 0 Å². The van der Waals surface area contributed by atoms with Gasteiger partial charge in [0.05, 0.1) is 40.9 Å². The van der Waals surface area contributed by atoms with E-state index in [0.717, 1.165) is 12.3 Å². The zero-order valence-corrected chi connectivity index (χ0v) is 16.1. The monoisotopic (exact) mass is 430 g/mol. The number of benzene rings is 1. The molecular weight excluding hydrogens is 412 g/mol. The molecule has 0 aliphatic carbocycles. The van der Waals surface area contributed by atoms with Crippen molar-refractivity contribution in [3.05, 3.63) is 68.0 Å². The SMILES string of the molecule is O=C(N/N=C\c1cc([N+](=O)[O-])cc([N+](=O)[O-])c1O)[C@H](c1ccncc1)N1CCOCC1. The van der Waals surface area contributed by atoms with Crippen molar-refractivity contribution >= 4 is 23.5 Å². The Morgan fingerprint density at radius 1 is 1.23 bits per heavy atom. The summed E-state index contributed by atoms with van der Waals surface area (Å²) < 4.78 is 5.33. The molecule has 1 aromatic heterocycles. The molecule has 1 aliphatic rings. The second-order valence-corrected chi connectivity index (χ2v) is 6.48. The maximum Gasteiger partial charge on any atom is 0.318 e. The number of nitro benzene ring substituents is 2. The molecule has 1 saturated heterocycles. The van der Waals surface area contributed by atoms with E-state index in [2.05, 4.69) is 15.5 Å². The minimum Gasteiger partial charge on any atom is -0.502 e. The molecule has 0 radical (unpaired) electrons. The van der Waals surface area contributed by atoms with Crippen LogP contribution in [0.4, 0.5) is 11.4 Å². The quantitative estimate of drug-likeness (QED) is 0.371. The molecule has 1 atom stereocenters. The van der Waals surface area contributed by atoms with E-state index in [1.165, 1.54) is 0 Å². The average molecular weight is 430 g/mol. The molecule has 0 saturated carbocycles. The number of nitrogens with one attached hydrogen (secondary N) is 1. The predicted octanol–water partition coefficient (Wildman–Crippen LogP) is 1.13. The van der Waals surface area contributed by atoms with Crippen molar-refractivity contribution < 1.29 is 24.5 Å². The molecule has 13 heteroatoms. The van der Waals surface area contributed by atoms with E-state index < -0.39 is 38.9 Å². The number of hydrogen-bond acceptors (Lipinski definition) is 10. The molecule has 1 amide bonds. The third kappa shape index (κ3) is 5.15. The Morgan fingerprint density at radius 3 is 2.52 bits per heavy atom. The van der Waals surface area contributed by atoms with Crippen LogP contribution in [0.1, 0.15) is 17.2 Å². The molecule has 1 aromatic carbocycles. The first-order chi connectivity index (χ1) is 14.9. The maximum atomic E-state index is 12.9. The van der Waals surface area contributed by atoms with Gasteiger partial charge in [0.25, 0.3) is 11.6 Å². The fraction of sp³-hybridized carbons (Fsp3) is 0.278. The van der Waals surface area contributed by atoms with Gasteiger partial charge in [-0.1, -0.05) is 0 Å². The number of rotatable bonds is 7. The Kier molecular flexibility index (Phi) is 6.79. The summed E-state index contributed by atoms with van der Waals surface area (Å²) in [7, 11) is 0. The van der Waals surface area contributed by atoms with Crippen molar-refractivity contribution in [1.29, 1.82) is 0 Å². The van der Waals surface area contributed by atoms with Gasteiger partial charge in [0.2, 0.25) is 5.75 Å². The molecule has 0 unspecified atom stereocenters. The van der Waals surface area contributed by atoms with E-state index >= 15 is 0 Å². The Morgan fingerprint density at radius 2 is 1.90 bits per heavy atom. The van der Waals surface area contributed by atoms with Crippen LogP contribution in [0.25, 0.3) is 0 Å². The minimum absolute atomic E-state index is 0.284. The molecule has 2 aromatic rings. The highest BCUT2D eigenvalue weighted by Crippen LogP contribution is 2.33. The molecule has 3 rings (SSSR count). The lowest BCUT2D eigenvalue weighted by molar-refractivity contribution is -0.394. The van der Waals surface area contributed by atoms with Crippen molar-refractivity contribution in [1.82, 2.24) is 15.3 Å². The fourth-order valence-corrected chi connectivity index (χ4v) is 3.10. The first-order valence-electron chi connectivity index (χ1n) is 9.09. The molecule has 1 aliphatic heterocycles. The van der Waals surface area contributed by atoms with Crippen LogP contribution in [0.5, 0.6) is 5.75 Å². The topological polar surface area (TPSA) is 173 Å². The molecule has 2 heterocycles. The van der Waals surface area contributed by atoms with Crippen molar-refractivity contribution in [2.24, 2.45) is 5.10 Å². The zero-order valence-electron chi connectivity index (χ0n) is 16.1. The highest BCUT2D eigenvalue weighted by Gasteiger charge is 2.29. The fourth-order valence-electron chi connectivity index (χ4n) is 3.10. The van der Waals surface area contributed by atoms with Gasteiger partial charge >= 0.3 is 5.69 Å². The van der Waals surface area contributed by atoms with Crippen molar-refractivity contribution in [3.8, 4) is 5.75 Å². The van der Waals surface area contributed by atoms with Gasteiger partial charge in [0, 0.05) is 31.5 Å². The van der Waals surface area contributed by atoms with Crippen molar-refractivity contribution in [2.45, 2.75) is 6.04 Å². The molecule has 162 valence electrons. The molecule has 13 nitrogen and oxygen atoms in total. The van der Waals surface area contributed by atoms with Gasteiger partial charge in [-0.3, -0.25) is 34.9 Å². The summed E-state index contributed by atoms with van der Waals surface area (Å²) in [6.45, 7) is 1.96. The number of aromatic nitrogens is 1. The van der Waals surface area contributed by atoms with Gasteiger partial charge in [-0.15, -0.1) is 0 Å². The number of nitro groups is 2. The number of hydrogen-bond donors (Lipinski definition) is 2. The zero-order chi connectivity index (χ0) is 22.4. The number of pyridine rings is 1. The lowest BCUT2D eigenvalue weighted by Gasteiger charge is -2.33. The molecule has 2 N–H and O–H groups in total.